The predicted molar refractivity (Wildman–Crippen MR) is 90.7 cm³/mol. The Morgan fingerprint density at radius 2 is 2.30 bits per heavy atom. The Hall–Kier alpha value is -2.60. The van der Waals surface area contributed by atoms with Crippen LogP contribution in [-0.2, 0) is 17.8 Å². The topological polar surface area (TPSA) is 58.4 Å². The monoisotopic (exact) mass is 325 g/mol. The van der Waals surface area contributed by atoms with Crippen molar-refractivity contribution < 1.29 is 9.21 Å². The Kier molecular flexibility index (Phi) is 3.38. The quantitative estimate of drug-likeness (QED) is 0.797. The second-order valence-corrected chi connectivity index (χ2v) is 6.30. The van der Waals surface area contributed by atoms with Crippen LogP contribution in [0, 0.1) is 0 Å². The minimum Gasteiger partial charge on any atom is -0.467 e. The summed E-state index contributed by atoms with van der Waals surface area (Å²) in [4.78, 5) is 18.1. The number of carbonyl (C=O) groups is 1. The van der Waals surface area contributed by atoms with Gasteiger partial charge in [0.1, 0.15) is 5.76 Å². The van der Waals surface area contributed by atoms with Gasteiger partial charge in [0, 0.05) is 23.7 Å². The number of hydrogen-bond acceptors (Lipinski definition) is 5. The summed E-state index contributed by atoms with van der Waals surface area (Å²) in [6.45, 7) is 0.615. The number of aromatic nitrogens is 1. The molecule has 23 heavy (non-hydrogen) atoms. The molecule has 0 saturated carbocycles. The van der Waals surface area contributed by atoms with Crippen molar-refractivity contribution in [1.82, 2.24) is 4.98 Å². The summed E-state index contributed by atoms with van der Waals surface area (Å²) in [6.07, 6.45) is 2.13. The Morgan fingerprint density at radius 1 is 1.39 bits per heavy atom. The number of rotatable bonds is 4. The SMILES string of the molecule is CN1C(=O)Cc2cc(-c3csc(NCc4ccco4)n3)ccc21. The molecule has 0 fully saturated rings. The largest absolute Gasteiger partial charge is 0.467 e. The number of anilines is 2. The van der Waals surface area contributed by atoms with Crippen molar-refractivity contribution in [3.05, 3.63) is 53.3 Å². The molecular formula is C17H15N3O2S. The van der Waals surface area contributed by atoms with E-state index in [9.17, 15) is 4.79 Å². The fourth-order valence-corrected chi connectivity index (χ4v) is 3.41. The number of fused-ring (bicyclic) bond motifs is 1. The van der Waals surface area contributed by atoms with Crippen LogP contribution in [0.5, 0.6) is 0 Å². The van der Waals surface area contributed by atoms with Crippen molar-refractivity contribution in [2.45, 2.75) is 13.0 Å². The van der Waals surface area contributed by atoms with Gasteiger partial charge in [-0.15, -0.1) is 11.3 Å². The van der Waals surface area contributed by atoms with Crippen molar-refractivity contribution in [2.24, 2.45) is 0 Å². The minimum atomic E-state index is 0.135. The molecule has 3 aromatic rings. The average molecular weight is 325 g/mol. The van der Waals surface area contributed by atoms with E-state index in [1.807, 2.05) is 36.7 Å². The van der Waals surface area contributed by atoms with Crippen LogP contribution in [0.2, 0.25) is 0 Å². The normalized spacial score (nSPS) is 13.4. The molecule has 3 heterocycles. The second-order valence-electron chi connectivity index (χ2n) is 5.44. The molecule has 1 N–H and O–H groups in total. The highest BCUT2D eigenvalue weighted by molar-refractivity contribution is 7.14. The van der Waals surface area contributed by atoms with Crippen molar-refractivity contribution in [1.29, 1.82) is 0 Å². The summed E-state index contributed by atoms with van der Waals surface area (Å²) < 4.78 is 5.29. The van der Waals surface area contributed by atoms with Crippen molar-refractivity contribution in [3.8, 4) is 11.3 Å². The van der Waals surface area contributed by atoms with E-state index in [4.69, 9.17) is 4.42 Å². The van der Waals surface area contributed by atoms with E-state index < -0.39 is 0 Å². The lowest BCUT2D eigenvalue weighted by atomic mass is 10.1. The molecule has 0 radical (unpaired) electrons. The maximum Gasteiger partial charge on any atom is 0.231 e. The van der Waals surface area contributed by atoms with Gasteiger partial charge in [-0.05, 0) is 29.8 Å². The lowest BCUT2D eigenvalue weighted by molar-refractivity contribution is -0.117. The lowest BCUT2D eigenvalue weighted by Crippen LogP contribution is -2.20. The molecular weight excluding hydrogens is 310 g/mol. The zero-order valence-electron chi connectivity index (χ0n) is 12.6. The van der Waals surface area contributed by atoms with Crippen molar-refractivity contribution in [2.75, 3.05) is 17.3 Å². The molecule has 6 heteroatoms. The summed E-state index contributed by atoms with van der Waals surface area (Å²) in [6, 6.07) is 9.86. The second kappa shape index (κ2) is 5.55. The first-order valence-electron chi connectivity index (χ1n) is 7.32. The Labute approximate surface area is 137 Å². The molecule has 0 atom stereocenters. The third-order valence-electron chi connectivity index (χ3n) is 3.95. The van der Waals surface area contributed by atoms with E-state index in [2.05, 4.69) is 16.4 Å². The molecule has 2 aromatic heterocycles. The first-order valence-corrected chi connectivity index (χ1v) is 8.20. The van der Waals surface area contributed by atoms with Gasteiger partial charge in [0.05, 0.1) is 24.9 Å². The van der Waals surface area contributed by atoms with Crippen LogP contribution in [0.15, 0.2) is 46.4 Å². The molecule has 0 bridgehead atoms. The van der Waals surface area contributed by atoms with E-state index in [1.165, 1.54) is 0 Å². The van der Waals surface area contributed by atoms with Crippen LogP contribution in [0.1, 0.15) is 11.3 Å². The highest BCUT2D eigenvalue weighted by atomic mass is 32.1. The van der Waals surface area contributed by atoms with Gasteiger partial charge in [0.25, 0.3) is 0 Å². The number of likely N-dealkylation sites (N-methyl/N-ethyl adjacent to an activating group) is 1. The number of furan rings is 1. The molecule has 1 aliphatic rings. The fourth-order valence-electron chi connectivity index (χ4n) is 2.69. The smallest absolute Gasteiger partial charge is 0.231 e. The molecule has 5 nitrogen and oxygen atoms in total. The molecule has 0 aliphatic carbocycles. The molecule has 1 amide bonds. The lowest BCUT2D eigenvalue weighted by Gasteiger charge is -2.09. The minimum absolute atomic E-state index is 0.135. The van der Waals surface area contributed by atoms with Crippen LogP contribution in [0.4, 0.5) is 10.8 Å². The Bertz CT molecular complexity index is 855. The standard InChI is InChI=1S/C17H15N3O2S/c1-20-15-5-4-11(7-12(15)8-16(20)21)14-10-23-17(19-14)18-9-13-3-2-6-22-13/h2-7,10H,8-9H2,1H3,(H,18,19). The van der Waals surface area contributed by atoms with Gasteiger partial charge >= 0.3 is 0 Å². The molecule has 116 valence electrons. The van der Waals surface area contributed by atoms with Crippen LogP contribution in [0.3, 0.4) is 0 Å². The third kappa shape index (κ3) is 2.61. The van der Waals surface area contributed by atoms with Gasteiger partial charge in [0.2, 0.25) is 5.91 Å². The molecule has 1 aromatic carbocycles. The van der Waals surface area contributed by atoms with Gasteiger partial charge in [-0.3, -0.25) is 4.79 Å². The molecule has 1 aliphatic heterocycles. The first kappa shape index (κ1) is 14.0. The molecule has 4 rings (SSSR count). The predicted octanol–water partition coefficient (Wildman–Crippen LogP) is 3.53. The molecule has 0 spiro atoms. The van der Waals surface area contributed by atoms with Gasteiger partial charge in [-0.1, -0.05) is 6.07 Å². The number of benzene rings is 1. The van der Waals surface area contributed by atoms with Gasteiger partial charge < -0.3 is 14.6 Å². The highest BCUT2D eigenvalue weighted by Crippen LogP contribution is 2.33. The van der Waals surface area contributed by atoms with Crippen molar-refractivity contribution >= 4 is 28.1 Å². The summed E-state index contributed by atoms with van der Waals surface area (Å²) in [7, 11) is 1.81. The maximum atomic E-state index is 11.8. The van der Waals surface area contributed by atoms with Crippen molar-refractivity contribution in [3.63, 3.8) is 0 Å². The number of nitrogens with one attached hydrogen (secondary N) is 1. The van der Waals surface area contributed by atoms with E-state index in [0.717, 1.165) is 33.4 Å². The van der Waals surface area contributed by atoms with Gasteiger partial charge in [-0.25, -0.2) is 4.98 Å². The maximum absolute atomic E-state index is 11.8. The van der Waals surface area contributed by atoms with Crippen LogP contribution >= 0.6 is 11.3 Å². The molecule has 0 saturated heterocycles. The van der Waals surface area contributed by atoms with E-state index in [-0.39, 0.29) is 5.91 Å². The number of thiazole rings is 1. The summed E-state index contributed by atoms with van der Waals surface area (Å²) >= 11 is 1.56. The summed E-state index contributed by atoms with van der Waals surface area (Å²) in [5.74, 6) is 1.01. The van der Waals surface area contributed by atoms with Gasteiger partial charge in [0.15, 0.2) is 5.13 Å². The van der Waals surface area contributed by atoms with Crippen LogP contribution in [-0.4, -0.2) is 17.9 Å². The number of carbonyl (C=O) groups excluding carboxylic acids is 1. The molecule has 0 unspecified atom stereocenters. The summed E-state index contributed by atoms with van der Waals surface area (Å²) in [5, 5.41) is 6.13. The van der Waals surface area contributed by atoms with E-state index in [0.29, 0.717) is 13.0 Å². The Morgan fingerprint density at radius 3 is 3.13 bits per heavy atom. The third-order valence-corrected chi connectivity index (χ3v) is 4.75. The van der Waals surface area contributed by atoms with E-state index >= 15 is 0 Å². The van der Waals surface area contributed by atoms with E-state index in [1.54, 1.807) is 22.5 Å². The number of nitrogens with zero attached hydrogens (tertiary/aromatic N) is 2. The Balaban J connectivity index is 1.53. The highest BCUT2D eigenvalue weighted by Gasteiger charge is 2.24. The first-order chi connectivity index (χ1) is 11.2. The average Bonchev–Trinajstić information content (AvgIpc) is 3.27. The van der Waals surface area contributed by atoms with Gasteiger partial charge in [-0.2, -0.15) is 0 Å². The number of hydrogen-bond donors (Lipinski definition) is 1. The fraction of sp³-hybridized carbons (Fsp3) is 0.176. The zero-order chi connectivity index (χ0) is 15.8. The zero-order valence-corrected chi connectivity index (χ0v) is 13.4. The van der Waals surface area contributed by atoms with Crippen LogP contribution < -0.4 is 10.2 Å². The van der Waals surface area contributed by atoms with Crippen LogP contribution in [0.25, 0.3) is 11.3 Å². The summed E-state index contributed by atoms with van der Waals surface area (Å²) in [5.41, 5.74) is 4.01. The number of amides is 1.